The summed E-state index contributed by atoms with van der Waals surface area (Å²) < 4.78 is 4.64. The molecule has 1 aliphatic carbocycles. The first kappa shape index (κ1) is 14.9. The molecule has 5 heteroatoms. The summed E-state index contributed by atoms with van der Waals surface area (Å²) in [5, 5.41) is 10.1. The zero-order valence-corrected chi connectivity index (χ0v) is 12.7. The van der Waals surface area contributed by atoms with Crippen LogP contribution in [0.25, 0.3) is 0 Å². The molecule has 20 heavy (non-hydrogen) atoms. The summed E-state index contributed by atoms with van der Waals surface area (Å²) in [7, 11) is 1.37. The predicted octanol–water partition coefficient (Wildman–Crippen LogP) is 2.66. The Morgan fingerprint density at radius 1 is 1.40 bits per heavy atom. The maximum atomic E-state index is 11.3. The van der Waals surface area contributed by atoms with Crippen molar-refractivity contribution in [3.8, 4) is 6.07 Å². The number of pyridine rings is 1. The van der Waals surface area contributed by atoms with Crippen molar-refractivity contribution in [2.24, 2.45) is 0 Å². The number of nitrogens with zero attached hydrogens (tertiary/aromatic N) is 2. The van der Waals surface area contributed by atoms with E-state index in [-0.39, 0.29) is 11.7 Å². The average molecular weight is 290 g/mol. The van der Waals surface area contributed by atoms with Crippen molar-refractivity contribution in [1.29, 1.82) is 5.26 Å². The van der Waals surface area contributed by atoms with Gasteiger partial charge in [-0.2, -0.15) is 5.26 Å². The van der Waals surface area contributed by atoms with E-state index in [1.807, 2.05) is 0 Å². The van der Waals surface area contributed by atoms with Crippen LogP contribution in [0, 0.1) is 11.3 Å². The number of methoxy groups -OCH3 is 1. The number of fused-ring (bicyclic) bond motifs is 1. The molecule has 106 valence electrons. The SMILES string of the molecule is CCc1nc(SCC(=O)OC)c(C#N)c2c1CCCC2. The lowest BCUT2D eigenvalue weighted by molar-refractivity contribution is -0.137. The summed E-state index contributed by atoms with van der Waals surface area (Å²) in [5.74, 6) is -0.100. The number of nitriles is 1. The maximum absolute atomic E-state index is 11.3. The van der Waals surface area contributed by atoms with Crippen molar-refractivity contribution in [3.05, 3.63) is 22.4 Å². The molecule has 0 N–H and O–H groups in total. The second-order valence-corrected chi connectivity index (χ2v) is 5.70. The van der Waals surface area contributed by atoms with E-state index in [0.717, 1.165) is 36.9 Å². The normalized spacial score (nSPS) is 13.4. The third-order valence-electron chi connectivity index (χ3n) is 3.57. The summed E-state index contributed by atoms with van der Waals surface area (Å²) >= 11 is 1.30. The number of carbonyl (C=O) groups excluding carboxylic acids is 1. The van der Waals surface area contributed by atoms with Crippen LogP contribution in [-0.2, 0) is 28.8 Å². The van der Waals surface area contributed by atoms with Gasteiger partial charge in [-0.3, -0.25) is 4.79 Å². The lowest BCUT2D eigenvalue weighted by atomic mass is 9.87. The minimum absolute atomic E-state index is 0.195. The fourth-order valence-electron chi connectivity index (χ4n) is 2.57. The van der Waals surface area contributed by atoms with Gasteiger partial charge >= 0.3 is 5.97 Å². The quantitative estimate of drug-likeness (QED) is 0.630. The maximum Gasteiger partial charge on any atom is 0.316 e. The summed E-state index contributed by atoms with van der Waals surface area (Å²) in [6.07, 6.45) is 5.11. The van der Waals surface area contributed by atoms with Crippen molar-refractivity contribution in [2.45, 2.75) is 44.1 Å². The summed E-state index contributed by atoms with van der Waals surface area (Å²) in [4.78, 5) is 15.9. The fraction of sp³-hybridized carbons (Fsp3) is 0.533. The molecule has 0 spiro atoms. The molecule has 0 aromatic carbocycles. The molecule has 2 rings (SSSR count). The van der Waals surface area contributed by atoms with Gasteiger partial charge < -0.3 is 4.74 Å². The Labute approximate surface area is 123 Å². The van der Waals surface area contributed by atoms with Gasteiger partial charge in [-0.1, -0.05) is 18.7 Å². The van der Waals surface area contributed by atoms with Crippen LogP contribution in [0.4, 0.5) is 0 Å². The Hall–Kier alpha value is -1.54. The number of aromatic nitrogens is 1. The number of hydrogen-bond acceptors (Lipinski definition) is 5. The van der Waals surface area contributed by atoms with E-state index >= 15 is 0 Å². The van der Waals surface area contributed by atoms with Gasteiger partial charge in [0.25, 0.3) is 0 Å². The highest BCUT2D eigenvalue weighted by Gasteiger charge is 2.21. The summed E-state index contributed by atoms with van der Waals surface area (Å²) in [6, 6.07) is 2.28. The molecule has 0 fully saturated rings. The van der Waals surface area contributed by atoms with Gasteiger partial charge in [-0.15, -0.1) is 0 Å². The molecule has 1 heterocycles. The molecule has 0 atom stereocenters. The minimum atomic E-state index is -0.295. The van der Waals surface area contributed by atoms with Crippen LogP contribution in [0.15, 0.2) is 5.03 Å². The Balaban J connectivity index is 2.40. The second-order valence-electron chi connectivity index (χ2n) is 4.73. The van der Waals surface area contributed by atoms with Crippen LogP contribution in [0.1, 0.15) is 42.1 Å². The largest absolute Gasteiger partial charge is 0.468 e. The number of ether oxygens (including phenoxy) is 1. The Kier molecular flexibility index (Phi) is 5.02. The predicted molar refractivity (Wildman–Crippen MR) is 77.7 cm³/mol. The number of aryl methyl sites for hydroxylation is 1. The fourth-order valence-corrected chi connectivity index (χ4v) is 3.43. The van der Waals surface area contributed by atoms with Gasteiger partial charge in [-0.25, -0.2) is 4.98 Å². The van der Waals surface area contributed by atoms with Crippen LogP contribution in [0.2, 0.25) is 0 Å². The first-order chi connectivity index (χ1) is 9.71. The molecule has 0 amide bonds. The van der Waals surface area contributed by atoms with E-state index in [9.17, 15) is 10.1 Å². The number of hydrogen-bond donors (Lipinski definition) is 0. The van der Waals surface area contributed by atoms with Crippen molar-refractivity contribution < 1.29 is 9.53 Å². The lowest BCUT2D eigenvalue weighted by Crippen LogP contribution is -2.13. The Bertz CT molecular complexity index is 564. The Morgan fingerprint density at radius 2 is 2.10 bits per heavy atom. The lowest BCUT2D eigenvalue weighted by Gasteiger charge is -2.21. The van der Waals surface area contributed by atoms with Gasteiger partial charge in [0.05, 0.1) is 18.4 Å². The summed E-state index contributed by atoms with van der Waals surface area (Å²) in [6.45, 7) is 2.08. The first-order valence-electron chi connectivity index (χ1n) is 6.85. The van der Waals surface area contributed by atoms with Crippen LogP contribution in [-0.4, -0.2) is 23.8 Å². The van der Waals surface area contributed by atoms with E-state index in [1.54, 1.807) is 0 Å². The van der Waals surface area contributed by atoms with Crippen molar-refractivity contribution >= 4 is 17.7 Å². The molecule has 1 aromatic rings. The highest BCUT2D eigenvalue weighted by Crippen LogP contribution is 2.32. The van der Waals surface area contributed by atoms with Crippen molar-refractivity contribution in [2.75, 3.05) is 12.9 Å². The molecular formula is C15H18N2O2S. The van der Waals surface area contributed by atoms with Crippen LogP contribution in [0.5, 0.6) is 0 Å². The van der Waals surface area contributed by atoms with E-state index < -0.39 is 0 Å². The molecule has 0 radical (unpaired) electrons. The smallest absolute Gasteiger partial charge is 0.316 e. The monoisotopic (exact) mass is 290 g/mol. The molecular weight excluding hydrogens is 272 g/mol. The number of carbonyl (C=O) groups is 1. The molecule has 1 aliphatic rings. The molecule has 1 aromatic heterocycles. The third-order valence-corrected chi connectivity index (χ3v) is 4.52. The third kappa shape index (κ3) is 2.96. The number of esters is 1. The topological polar surface area (TPSA) is 63.0 Å². The number of rotatable bonds is 4. The highest BCUT2D eigenvalue weighted by molar-refractivity contribution is 7.99. The second kappa shape index (κ2) is 6.76. The average Bonchev–Trinajstić information content (AvgIpc) is 2.51. The minimum Gasteiger partial charge on any atom is -0.468 e. The van der Waals surface area contributed by atoms with Gasteiger partial charge in [-0.05, 0) is 43.2 Å². The molecule has 0 bridgehead atoms. The molecule has 0 saturated heterocycles. The highest BCUT2D eigenvalue weighted by atomic mass is 32.2. The first-order valence-corrected chi connectivity index (χ1v) is 7.84. The zero-order valence-electron chi connectivity index (χ0n) is 11.9. The Morgan fingerprint density at radius 3 is 2.70 bits per heavy atom. The standard InChI is InChI=1S/C15H18N2O2S/c1-3-13-11-7-5-4-6-10(11)12(8-16)15(17-13)20-9-14(18)19-2/h3-7,9H2,1-2H3. The molecule has 4 nitrogen and oxygen atoms in total. The van der Waals surface area contributed by atoms with Gasteiger partial charge in [0, 0.05) is 5.69 Å². The van der Waals surface area contributed by atoms with E-state index in [4.69, 9.17) is 0 Å². The van der Waals surface area contributed by atoms with Crippen LogP contribution < -0.4 is 0 Å². The van der Waals surface area contributed by atoms with Crippen LogP contribution in [0.3, 0.4) is 0 Å². The molecule has 0 saturated carbocycles. The van der Waals surface area contributed by atoms with Gasteiger partial charge in [0.1, 0.15) is 11.1 Å². The van der Waals surface area contributed by atoms with E-state index in [0.29, 0.717) is 10.6 Å². The van der Waals surface area contributed by atoms with Crippen molar-refractivity contribution in [3.63, 3.8) is 0 Å². The van der Waals surface area contributed by atoms with Gasteiger partial charge in [0.15, 0.2) is 0 Å². The van der Waals surface area contributed by atoms with E-state index in [2.05, 4.69) is 22.7 Å². The summed E-state index contributed by atoms with van der Waals surface area (Å²) in [5.41, 5.74) is 4.15. The number of thioether (sulfide) groups is 1. The van der Waals surface area contributed by atoms with Gasteiger partial charge in [0.2, 0.25) is 0 Å². The molecule has 0 aliphatic heterocycles. The van der Waals surface area contributed by atoms with Crippen molar-refractivity contribution in [1.82, 2.24) is 4.98 Å². The zero-order chi connectivity index (χ0) is 14.5. The van der Waals surface area contributed by atoms with E-state index in [1.165, 1.54) is 30.9 Å². The van der Waals surface area contributed by atoms with Crippen LogP contribution >= 0.6 is 11.8 Å². The molecule has 0 unspecified atom stereocenters.